The van der Waals surface area contributed by atoms with E-state index in [0.29, 0.717) is 27.5 Å². The van der Waals surface area contributed by atoms with Gasteiger partial charge in [0.25, 0.3) is 5.91 Å². The van der Waals surface area contributed by atoms with E-state index < -0.39 is 0 Å². The molecule has 0 radical (unpaired) electrons. The Kier molecular flexibility index (Phi) is 7.41. The van der Waals surface area contributed by atoms with Crippen LogP contribution in [0.15, 0.2) is 60.7 Å². The van der Waals surface area contributed by atoms with Crippen LogP contribution in [-0.4, -0.2) is 27.5 Å². The molecule has 182 valence electrons. The smallest absolute Gasteiger partial charge is 0.262 e. The van der Waals surface area contributed by atoms with Crippen molar-refractivity contribution >= 4 is 34.2 Å². The number of nitrogens with zero attached hydrogens (tertiary/aromatic N) is 3. The van der Waals surface area contributed by atoms with Crippen LogP contribution in [-0.2, 0) is 16.6 Å². The van der Waals surface area contributed by atoms with Gasteiger partial charge in [-0.05, 0) is 65.8 Å². The quantitative estimate of drug-likeness (QED) is 0.297. The summed E-state index contributed by atoms with van der Waals surface area (Å²) in [4.78, 5) is 14.1. The lowest BCUT2D eigenvalue weighted by Gasteiger charge is -2.19. The normalized spacial score (nSPS) is 11.6. The number of aryl methyl sites for hydroxylation is 1. The Balaban J connectivity index is 1.42. The highest BCUT2D eigenvalue weighted by atomic mass is 35.5. The summed E-state index contributed by atoms with van der Waals surface area (Å²) < 4.78 is 5.64. The van der Waals surface area contributed by atoms with Crippen LogP contribution in [0, 0.1) is 0 Å². The molecule has 0 unspecified atom stereocenters. The molecule has 0 aliphatic rings. The molecule has 0 bridgehead atoms. The minimum absolute atomic E-state index is 0.0607. The van der Waals surface area contributed by atoms with E-state index in [1.54, 1.807) is 16.9 Å². The number of benzene rings is 3. The molecule has 0 aliphatic carbocycles. The fourth-order valence-corrected chi connectivity index (χ4v) is 3.92. The van der Waals surface area contributed by atoms with Crippen LogP contribution in [0.5, 0.6) is 5.75 Å². The summed E-state index contributed by atoms with van der Waals surface area (Å²) in [7, 11) is 0. The van der Waals surface area contributed by atoms with Crippen molar-refractivity contribution in [2.45, 2.75) is 52.4 Å². The third-order valence-electron chi connectivity index (χ3n) is 5.82. The van der Waals surface area contributed by atoms with Gasteiger partial charge in [-0.25, -0.2) is 0 Å². The van der Waals surface area contributed by atoms with Crippen molar-refractivity contribution in [3.63, 3.8) is 0 Å². The summed E-state index contributed by atoms with van der Waals surface area (Å²) in [5.74, 6) is 0.333. The van der Waals surface area contributed by atoms with Gasteiger partial charge < -0.3 is 10.1 Å². The average Bonchev–Trinajstić information content (AvgIpc) is 3.24. The maximum atomic E-state index is 12.5. The number of hydrogen-bond acceptors (Lipinski definition) is 4. The zero-order valence-electron chi connectivity index (χ0n) is 20.6. The van der Waals surface area contributed by atoms with Gasteiger partial charge in [0.05, 0.1) is 16.4 Å². The fourth-order valence-electron chi connectivity index (χ4n) is 3.71. The summed E-state index contributed by atoms with van der Waals surface area (Å²) in [5.41, 5.74) is 5.19. The zero-order valence-corrected chi connectivity index (χ0v) is 21.4. The number of amides is 1. The minimum Gasteiger partial charge on any atom is -0.484 e. The van der Waals surface area contributed by atoms with E-state index in [4.69, 9.17) is 16.3 Å². The first-order valence-electron chi connectivity index (χ1n) is 11.9. The first-order chi connectivity index (χ1) is 16.7. The molecule has 0 aliphatic heterocycles. The number of ether oxygens (including phenoxy) is 1. The van der Waals surface area contributed by atoms with Gasteiger partial charge >= 0.3 is 0 Å². The number of anilines is 1. The molecular weight excluding hydrogens is 460 g/mol. The van der Waals surface area contributed by atoms with E-state index in [2.05, 4.69) is 55.3 Å². The molecule has 1 heterocycles. The third-order valence-corrected chi connectivity index (χ3v) is 6.13. The summed E-state index contributed by atoms with van der Waals surface area (Å²) in [6, 6.07) is 19.5. The maximum absolute atomic E-state index is 12.5. The van der Waals surface area contributed by atoms with Gasteiger partial charge in [0, 0.05) is 0 Å². The minimum atomic E-state index is -0.304. The SMILES string of the molecule is CCCCc1ccc(-n2nc3cc(Cl)c(NC(=O)COc4ccc(C(C)(C)C)cc4)cc3n2)cc1. The second-order valence-corrected chi connectivity index (χ2v) is 10.1. The van der Waals surface area contributed by atoms with E-state index in [9.17, 15) is 4.79 Å². The number of hydrogen-bond donors (Lipinski definition) is 1. The highest BCUT2D eigenvalue weighted by Crippen LogP contribution is 2.27. The van der Waals surface area contributed by atoms with Gasteiger partial charge in [-0.15, -0.1) is 10.2 Å². The largest absolute Gasteiger partial charge is 0.484 e. The van der Waals surface area contributed by atoms with Crippen molar-refractivity contribution < 1.29 is 9.53 Å². The van der Waals surface area contributed by atoms with E-state index in [-0.39, 0.29) is 17.9 Å². The van der Waals surface area contributed by atoms with Gasteiger partial charge in [0.2, 0.25) is 0 Å². The molecule has 4 rings (SSSR count). The number of carbonyl (C=O) groups excluding carboxylic acids is 1. The van der Waals surface area contributed by atoms with Gasteiger partial charge in [0.1, 0.15) is 16.8 Å². The number of aromatic nitrogens is 3. The number of fused-ring (bicyclic) bond motifs is 1. The Labute approximate surface area is 211 Å². The molecule has 7 heteroatoms. The van der Waals surface area contributed by atoms with E-state index in [1.807, 2.05) is 36.4 Å². The zero-order chi connectivity index (χ0) is 25.0. The second kappa shape index (κ2) is 10.5. The average molecular weight is 491 g/mol. The molecule has 4 aromatic rings. The summed E-state index contributed by atoms with van der Waals surface area (Å²) in [5, 5.41) is 12.3. The van der Waals surface area contributed by atoms with Crippen LogP contribution in [0.4, 0.5) is 5.69 Å². The maximum Gasteiger partial charge on any atom is 0.262 e. The molecule has 35 heavy (non-hydrogen) atoms. The van der Waals surface area contributed by atoms with Crippen molar-refractivity contribution in [2.24, 2.45) is 0 Å². The molecule has 0 atom stereocenters. The lowest BCUT2D eigenvalue weighted by Crippen LogP contribution is -2.20. The molecule has 1 amide bonds. The Morgan fingerprint density at radius 1 is 1.00 bits per heavy atom. The summed E-state index contributed by atoms with van der Waals surface area (Å²) in [6.07, 6.45) is 3.41. The van der Waals surface area contributed by atoms with Crippen molar-refractivity contribution in [2.75, 3.05) is 11.9 Å². The molecule has 6 nitrogen and oxygen atoms in total. The predicted octanol–water partition coefficient (Wildman–Crippen LogP) is 6.73. The number of nitrogens with one attached hydrogen (secondary N) is 1. The molecule has 0 spiro atoms. The van der Waals surface area contributed by atoms with Crippen LogP contribution in [0.2, 0.25) is 5.02 Å². The number of rotatable bonds is 8. The number of unbranched alkanes of at least 4 members (excludes halogenated alkanes) is 1. The Morgan fingerprint density at radius 2 is 1.66 bits per heavy atom. The van der Waals surface area contributed by atoms with E-state index >= 15 is 0 Å². The highest BCUT2D eigenvalue weighted by molar-refractivity contribution is 6.34. The van der Waals surface area contributed by atoms with Crippen molar-refractivity contribution in [1.29, 1.82) is 0 Å². The van der Waals surface area contributed by atoms with Gasteiger partial charge in [0.15, 0.2) is 6.61 Å². The van der Waals surface area contributed by atoms with E-state index in [1.165, 1.54) is 24.0 Å². The molecule has 3 aromatic carbocycles. The monoisotopic (exact) mass is 490 g/mol. The fraction of sp³-hybridized carbons (Fsp3) is 0.321. The van der Waals surface area contributed by atoms with Gasteiger partial charge in [-0.2, -0.15) is 4.80 Å². The van der Waals surface area contributed by atoms with Crippen molar-refractivity contribution in [3.8, 4) is 11.4 Å². The molecule has 0 saturated carbocycles. The van der Waals surface area contributed by atoms with Crippen molar-refractivity contribution in [3.05, 3.63) is 76.8 Å². The first-order valence-corrected chi connectivity index (χ1v) is 12.3. The summed E-state index contributed by atoms with van der Waals surface area (Å²) >= 11 is 6.42. The number of carbonyl (C=O) groups is 1. The molecule has 0 saturated heterocycles. The van der Waals surface area contributed by atoms with Crippen LogP contribution >= 0.6 is 11.6 Å². The molecule has 1 N–H and O–H groups in total. The van der Waals surface area contributed by atoms with Gasteiger partial charge in [-0.1, -0.05) is 70.0 Å². The van der Waals surface area contributed by atoms with E-state index in [0.717, 1.165) is 12.1 Å². The highest BCUT2D eigenvalue weighted by Gasteiger charge is 2.14. The van der Waals surface area contributed by atoms with Crippen molar-refractivity contribution in [1.82, 2.24) is 15.0 Å². The van der Waals surface area contributed by atoms with Crippen LogP contribution < -0.4 is 10.1 Å². The Hall–Kier alpha value is -3.38. The Morgan fingerprint density at radius 3 is 2.29 bits per heavy atom. The predicted molar refractivity (Wildman–Crippen MR) is 142 cm³/mol. The molecular formula is C28H31ClN4O2. The second-order valence-electron chi connectivity index (χ2n) is 9.69. The third kappa shape index (κ3) is 6.20. The van der Waals surface area contributed by atoms with Crippen LogP contribution in [0.3, 0.4) is 0 Å². The molecule has 0 fully saturated rings. The molecule has 1 aromatic heterocycles. The summed E-state index contributed by atoms with van der Waals surface area (Å²) in [6.45, 7) is 8.52. The van der Waals surface area contributed by atoms with Crippen LogP contribution in [0.25, 0.3) is 16.7 Å². The lowest BCUT2D eigenvalue weighted by molar-refractivity contribution is -0.118. The van der Waals surface area contributed by atoms with Gasteiger partial charge in [-0.3, -0.25) is 4.79 Å². The topological polar surface area (TPSA) is 69.0 Å². The first kappa shape index (κ1) is 24.7. The number of halogens is 1. The lowest BCUT2D eigenvalue weighted by atomic mass is 9.87. The standard InChI is InChI=1S/C28H31ClN4O2/c1-5-6-7-19-8-12-21(13-9-19)33-31-25-16-23(29)24(17-26(25)32-33)30-27(34)18-35-22-14-10-20(11-15-22)28(2,3)4/h8-17H,5-7,18H2,1-4H3,(H,30,34). The van der Waals surface area contributed by atoms with Crippen LogP contribution in [0.1, 0.15) is 51.7 Å². The Bertz CT molecular complexity index is 1310.